The van der Waals surface area contributed by atoms with Crippen molar-refractivity contribution in [2.75, 3.05) is 0 Å². The van der Waals surface area contributed by atoms with E-state index < -0.39 is 0 Å². The Morgan fingerprint density at radius 2 is 1.53 bits per heavy atom. The van der Waals surface area contributed by atoms with Crippen LogP contribution in [0.2, 0.25) is 5.02 Å². The zero-order valence-corrected chi connectivity index (χ0v) is 11.0. The molecule has 19 heavy (non-hydrogen) atoms. The van der Waals surface area contributed by atoms with E-state index in [0.29, 0.717) is 5.02 Å². The van der Waals surface area contributed by atoms with Gasteiger partial charge in [0.15, 0.2) is 0 Å². The number of aliphatic imine (C=N–C) groups is 1. The van der Waals surface area contributed by atoms with Gasteiger partial charge in [-0.15, -0.1) is 0 Å². The van der Waals surface area contributed by atoms with Crippen LogP contribution in [-0.2, 0) is 0 Å². The first kappa shape index (κ1) is 11.9. The quantitative estimate of drug-likeness (QED) is 0.562. The number of hydrogen-bond donors (Lipinski definition) is 0. The smallest absolute Gasteiger partial charge is 0.0708 e. The first-order valence-electron chi connectivity index (χ1n) is 6.11. The van der Waals surface area contributed by atoms with Crippen LogP contribution in [0.15, 0.2) is 71.7 Å². The van der Waals surface area contributed by atoms with Gasteiger partial charge in [0.05, 0.1) is 5.69 Å². The SMILES string of the molecule is Clc1ccccc1/C=N/c1cccc2ccccc12. The molecule has 1 nitrogen and oxygen atoms in total. The van der Waals surface area contributed by atoms with Crippen LogP contribution in [-0.4, -0.2) is 6.21 Å². The van der Waals surface area contributed by atoms with E-state index >= 15 is 0 Å². The number of rotatable bonds is 2. The highest BCUT2D eigenvalue weighted by atomic mass is 35.5. The maximum Gasteiger partial charge on any atom is 0.0708 e. The normalized spacial score (nSPS) is 11.2. The molecule has 2 heteroatoms. The van der Waals surface area contributed by atoms with Crippen LogP contribution in [0.25, 0.3) is 10.8 Å². The van der Waals surface area contributed by atoms with Crippen molar-refractivity contribution in [3.63, 3.8) is 0 Å². The molecule has 0 aromatic heterocycles. The molecule has 0 fully saturated rings. The van der Waals surface area contributed by atoms with E-state index in [9.17, 15) is 0 Å². The highest BCUT2D eigenvalue weighted by Crippen LogP contribution is 2.25. The largest absolute Gasteiger partial charge is 0.256 e. The average molecular weight is 266 g/mol. The van der Waals surface area contributed by atoms with Crippen LogP contribution in [0.3, 0.4) is 0 Å². The van der Waals surface area contributed by atoms with Crippen LogP contribution in [0, 0.1) is 0 Å². The van der Waals surface area contributed by atoms with Crippen LogP contribution in [0.4, 0.5) is 5.69 Å². The number of hydrogen-bond acceptors (Lipinski definition) is 1. The molecule has 3 rings (SSSR count). The van der Waals surface area contributed by atoms with E-state index in [-0.39, 0.29) is 0 Å². The second kappa shape index (κ2) is 5.25. The summed E-state index contributed by atoms with van der Waals surface area (Å²) in [6, 6.07) is 22.0. The van der Waals surface area contributed by atoms with Gasteiger partial charge < -0.3 is 0 Å². The van der Waals surface area contributed by atoms with Crippen molar-refractivity contribution in [2.45, 2.75) is 0 Å². The van der Waals surface area contributed by atoms with Gasteiger partial charge in [-0.3, -0.25) is 4.99 Å². The molecule has 92 valence electrons. The standard InChI is InChI=1S/C17H12ClN/c18-16-10-4-2-7-14(16)12-19-17-11-5-8-13-6-1-3-9-15(13)17/h1-12H/b19-12+. The lowest BCUT2D eigenvalue weighted by atomic mass is 10.1. The number of benzene rings is 3. The minimum Gasteiger partial charge on any atom is -0.256 e. The fourth-order valence-electron chi connectivity index (χ4n) is 2.04. The van der Waals surface area contributed by atoms with Gasteiger partial charge in [0.25, 0.3) is 0 Å². The first-order valence-corrected chi connectivity index (χ1v) is 6.49. The summed E-state index contributed by atoms with van der Waals surface area (Å²) in [6.45, 7) is 0. The fourth-order valence-corrected chi connectivity index (χ4v) is 2.22. The topological polar surface area (TPSA) is 12.4 Å². The molecule has 0 spiro atoms. The summed E-state index contributed by atoms with van der Waals surface area (Å²) < 4.78 is 0. The van der Waals surface area contributed by atoms with Crippen LogP contribution in [0.5, 0.6) is 0 Å². The summed E-state index contributed by atoms with van der Waals surface area (Å²) in [5.74, 6) is 0. The highest BCUT2D eigenvalue weighted by Gasteiger charge is 1.98. The first-order chi connectivity index (χ1) is 9.34. The Kier molecular flexibility index (Phi) is 3.30. The van der Waals surface area contributed by atoms with Gasteiger partial charge in [-0.2, -0.15) is 0 Å². The molecule has 0 N–H and O–H groups in total. The van der Waals surface area contributed by atoms with Crippen molar-refractivity contribution in [3.05, 3.63) is 77.3 Å². The van der Waals surface area contributed by atoms with Crippen molar-refractivity contribution in [3.8, 4) is 0 Å². The van der Waals surface area contributed by atoms with Gasteiger partial charge in [-0.25, -0.2) is 0 Å². The van der Waals surface area contributed by atoms with Crippen LogP contribution >= 0.6 is 11.6 Å². The van der Waals surface area contributed by atoms with Gasteiger partial charge in [0.2, 0.25) is 0 Å². The molecule has 0 unspecified atom stereocenters. The fraction of sp³-hybridized carbons (Fsp3) is 0. The predicted octanol–water partition coefficient (Wildman–Crippen LogP) is 5.24. The summed E-state index contributed by atoms with van der Waals surface area (Å²) in [5, 5.41) is 3.05. The monoisotopic (exact) mass is 265 g/mol. The molecule has 0 radical (unpaired) electrons. The minimum atomic E-state index is 0.714. The molecule has 3 aromatic rings. The van der Waals surface area contributed by atoms with Gasteiger partial charge in [-0.1, -0.05) is 66.2 Å². The molecule has 0 aliphatic heterocycles. The molecule has 0 amide bonds. The summed E-state index contributed by atoms with van der Waals surface area (Å²) in [6.07, 6.45) is 1.81. The zero-order chi connectivity index (χ0) is 13.1. The molecule has 3 aromatic carbocycles. The Hall–Kier alpha value is -2.12. The number of fused-ring (bicyclic) bond motifs is 1. The maximum absolute atomic E-state index is 6.12. The molecule has 0 saturated carbocycles. The van der Waals surface area contributed by atoms with Crippen molar-refractivity contribution in [1.82, 2.24) is 0 Å². The molecule has 0 aliphatic rings. The molecule has 0 bridgehead atoms. The van der Waals surface area contributed by atoms with Crippen molar-refractivity contribution in [2.24, 2.45) is 4.99 Å². The number of nitrogens with zero attached hydrogens (tertiary/aromatic N) is 1. The van der Waals surface area contributed by atoms with Crippen LogP contribution in [0.1, 0.15) is 5.56 Å². The Balaban J connectivity index is 2.04. The van der Waals surface area contributed by atoms with Crippen molar-refractivity contribution in [1.29, 1.82) is 0 Å². The summed E-state index contributed by atoms with van der Waals surface area (Å²) in [5.41, 5.74) is 1.88. The van der Waals surface area contributed by atoms with Crippen molar-refractivity contribution >= 4 is 34.3 Å². The molecule has 0 atom stereocenters. The minimum absolute atomic E-state index is 0.714. The van der Waals surface area contributed by atoms with Gasteiger partial charge in [0.1, 0.15) is 0 Å². The summed E-state index contributed by atoms with van der Waals surface area (Å²) >= 11 is 6.12. The van der Waals surface area contributed by atoms with Gasteiger partial charge in [0, 0.05) is 22.2 Å². The average Bonchev–Trinajstić information content (AvgIpc) is 2.46. The second-order valence-corrected chi connectivity index (χ2v) is 4.69. The Bertz CT molecular complexity index is 742. The lowest BCUT2D eigenvalue weighted by Crippen LogP contribution is -1.81. The highest BCUT2D eigenvalue weighted by molar-refractivity contribution is 6.33. The summed E-state index contributed by atoms with van der Waals surface area (Å²) in [7, 11) is 0. The Morgan fingerprint density at radius 1 is 0.789 bits per heavy atom. The molecule has 0 aliphatic carbocycles. The Morgan fingerprint density at radius 3 is 2.42 bits per heavy atom. The maximum atomic E-state index is 6.12. The molecule has 0 saturated heterocycles. The molecular weight excluding hydrogens is 254 g/mol. The van der Waals surface area contributed by atoms with E-state index in [0.717, 1.165) is 16.6 Å². The lowest BCUT2D eigenvalue weighted by molar-refractivity contribution is 1.56. The third-order valence-corrected chi connectivity index (χ3v) is 3.36. The molecular formula is C17H12ClN. The molecule has 0 heterocycles. The summed E-state index contributed by atoms with van der Waals surface area (Å²) in [4.78, 5) is 4.56. The van der Waals surface area contributed by atoms with E-state index in [2.05, 4.69) is 23.2 Å². The second-order valence-electron chi connectivity index (χ2n) is 4.28. The third-order valence-electron chi connectivity index (χ3n) is 3.01. The predicted molar refractivity (Wildman–Crippen MR) is 82.7 cm³/mol. The van der Waals surface area contributed by atoms with E-state index in [1.54, 1.807) is 0 Å². The number of halogens is 1. The third kappa shape index (κ3) is 2.51. The Labute approximate surface area is 117 Å². The lowest BCUT2D eigenvalue weighted by Gasteiger charge is -2.01. The van der Waals surface area contributed by atoms with Crippen LogP contribution < -0.4 is 0 Å². The van der Waals surface area contributed by atoms with E-state index in [1.807, 2.05) is 54.7 Å². The zero-order valence-electron chi connectivity index (χ0n) is 10.3. The van der Waals surface area contributed by atoms with Crippen molar-refractivity contribution < 1.29 is 0 Å². The van der Waals surface area contributed by atoms with E-state index in [4.69, 9.17) is 11.6 Å². The van der Waals surface area contributed by atoms with E-state index in [1.165, 1.54) is 5.39 Å². The van der Waals surface area contributed by atoms with Gasteiger partial charge in [-0.05, 0) is 17.5 Å². The van der Waals surface area contributed by atoms with Gasteiger partial charge >= 0.3 is 0 Å².